The first-order valence-electron chi connectivity index (χ1n) is 8.35. The highest BCUT2D eigenvalue weighted by Gasteiger charge is 2.52. The minimum atomic E-state index is -1.40. The summed E-state index contributed by atoms with van der Waals surface area (Å²) in [7, 11) is 0. The van der Waals surface area contributed by atoms with Crippen molar-refractivity contribution in [3.8, 4) is 0 Å². The third-order valence-corrected chi connectivity index (χ3v) is 3.46. The molecule has 160 valence electrons. The normalized spacial score (nSPS) is 26.4. The molecule has 1 saturated heterocycles. The largest absolute Gasteiger partial charge is 0.490 e. The van der Waals surface area contributed by atoms with Crippen molar-refractivity contribution >= 4 is 23.9 Å². The number of ether oxygens (including phenoxy) is 5. The van der Waals surface area contributed by atoms with Crippen molar-refractivity contribution in [3.05, 3.63) is 17.1 Å². The van der Waals surface area contributed by atoms with Crippen LogP contribution >= 0.6 is 0 Å². The first-order valence-corrected chi connectivity index (χ1v) is 8.35. The van der Waals surface area contributed by atoms with Gasteiger partial charge in [0.2, 0.25) is 5.39 Å². The van der Waals surface area contributed by atoms with E-state index in [1.807, 2.05) is 0 Å². The molecule has 0 aromatic rings. The van der Waals surface area contributed by atoms with Crippen LogP contribution < -0.4 is 5.32 Å². The number of esters is 4. The number of aliphatic hydroxyl groups is 1. The fourth-order valence-corrected chi connectivity index (χ4v) is 2.58. The maximum atomic E-state index is 11.6. The van der Waals surface area contributed by atoms with Crippen LogP contribution in [0.3, 0.4) is 0 Å². The average Bonchev–Trinajstić information content (AvgIpc) is 2.57. The number of hydrogen-bond acceptors (Lipinski definition) is 12. The minimum absolute atomic E-state index is 0.412. The summed E-state index contributed by atoms with van der Waals surface area (Å²) in [6.07, 6.45) is -6.01. The Morgan fingerprint density at radius 2 is 1.48 bits per heavy atom. The van der Waals surface area contributed by atoms with Crippen LogP contribution in [0.4, 0.5) is 0 Å². The van der Waals surface area contributed by atoms with Gasteiger partial charge in [0.1, 0.15) is 12.7 Å². The summed E-state index contributed by atoms with van der Waals surface area (Å²) in [6, 6.07) is 0. The van der Waals surface area contributed by atoms with Gasteiger partial charge in [-0.05, 0) is 0 Å². The monoisotopic (exact) mass is 416 g/mol. The molecule has 0 bridgehead atoms. The Kier molecular flexibility index (Phi) is 8.81. The topological polar surface area (TPSA) is 175 Å². The number of carbonyl (C=O) groups is 4. The third-order valence-electron chi connectivity index (χ3n) is 3.46. The summed E-state index contributed by atoms with van der Waals surface area (Å²) in [5.41, 5.74) is 0. The van der Waals surface area contributed by atoms with Crippen LogP contribution in [0.25, 0.3) is 4.98 Å². The molecule has 0 aliphatic carbocycles. The summed E-state index contributed by atoms with van der Waals surface area (Å²) in [5.74, 6) is -3.70. The maximum absolute atomic E-state index is 11.6. The molecule has 1 fully saturated rings. The quantitative estimate of drug-likeness (QED) is 0.244. The molecule has 1 aliphatic heterocycles. The molecule has 0 spiro atoms. The second-order valence-electron chi connectivity index (χ2n) is 5.89. The van der Waals surface area contributed by atoms with E-state index in [0.717, 1.165) is 27.7 Å². The standard InChI is InChI=1S/C16H21N3O10/c1-7(20)25-6-11-13(26-8(2)21)14(27-9(3)22)15(28-10(4)23)16(29-11)19-12(24)5-18-17/h5,11,13-16,19H,6H2,1-4H3/p+1/b12-5-/t11-,13-,14+,15-,16-/m1/s1. The summed E-state index contributed by atoms with van der Waals surface area (Å²) in [6.45, 7) is 3.98. The zero-order valence-electron chi connectivity index (χ0n) is 16.2. The van der Waals surface area contributed by atoms with Gasteiger partial charge in [0, 0.05) is 27.7 Å². The summed E-state index contributed by atoms with van der Waals surface area (Å²) < 4.78 is 26.1. The molecular weight excluding hydrogens is 394 g/mol. The maximum Gasteiger partial charge on any atom is 0.409 e. The molecule has 13 heteroatoms. The highest BCUT2D eigenvalue weighted by Crippen LogP contribution is 2.28. The Hall–Kier alpha value is -3.40. The van der Waals surface area contributed by atoms with Crippen molar-refractivity contribution in [2.24, 2.45) is 0 Å². The zero-order valence-corrected chi connectivity index (χ0v) is 16.2. The SMILES string of the molecule is CC(=O)OC[C@H]1O[C@@H](N/C(O)=C/[N+]#N)[C@H](OC(C)=O)[C@@H](OC(C)=O)[C@@H]1OC(C)=O. The summed E-state index contributed by atoms with van der Waals surface area (Å²) in [5, 5.41) is 20.6. The van der Waals surface area contributed by atoms with E-state index >= 15 is 0 Å². The number of carbonyl (C=O) groups excluding carboxylic acids is 4. The van der Waals surface area contributed by atoms with Gasteiger partial charge in [0.15, 0.2) is 29.5 Å². The van der Waals surface area contributed by atoms with Crippen molar-refractivity contribution < 1.29 is 48.0 Å². The van der Waals surface area contributed by atoms with Crippen LogP contribution in [0, 0.1) is 5.39 Å². The molecule has 0 amide bonds. The van der Waals surface area contributed by atoms with Gasteiger partial charge in [0.05, 0.1) is 0 Å². The number of nitrogens with one attached hydrogen (secondary N) is 1. The Labute approximate surface area is 165 Å². The van der Waals surface area contributed by atoms with E-state index in [1.54, 1.807) is 0 Å². The Balaban J connectivity index is 3.35. The Morgan fingerprint density at radius 3 is 1.97 bits per heavy atom. The van der Waals surface area contributed by atoms with E-state index in [4.69, 9.17) is 29.1 Å². The highest BCUT2D eigenvalue weighted by molar-refractivity contribution is 5.68. The van der Waals surface area contributed by atoms with E-state index < -0.39 is 67.0 Å². The molecule has 1 aliphatic rings. The molecule has 2 N–H and O–H groups in total. The van der Waals surface area contributed by atoms with Gasteiger partial charge in [-0.2, -0.15) is 0 Å². The molecule has 0 aromatic heterocycles. The molecule has 5 atom stereocenters. The smallest absolute Gasteiger partial charge is 0.409 e. The van der Waals surface area contributed by atoms with Crippen molar-refractivity contribution in [1.82, 2.24) is 5.32 Å². The molecule has 0 radical (unpaired) electrons. The van der Waals surface area contributed by atoms with E-state index in [1.165, 1.54) is 0 Å². The second-order valence-corrected chi connectivity index (χ2v) is 5.89. The molecule has 0 saturated carbocycles. The molecule has 13 nitrogen and oxygen atoms in total. The average molecular weight is 416 g/mol. The molecule has 1 rings (SSSR count). The van der Waals surface area contributed by atoms with Gasteiger partial charge < -0.3 is 34.1 Å². The van der Waals surface area contributed by atoms with Gasteiger partial charge in [-0.25, -0.2) is 0 Å². The van der Waals surface area contributed by atoms with E-state index in [2.05, 4.69) is 10.3 Å². The minimum Gasteiger partial charge on any atom is -0.490 e. The summed E-state index contributed by atoms with van der Waals surface area (Å²) in [4.78, 5) is 48.6. The number of aliphatic hydroxyl groups excluding tert-OH is 1. The highest BCUT2D eigenvalue weighted by atomic mass is 16.7. The van der Waals surface area contributed by atoms with Crippen molar-refractivity contribution in [1.29, 1.82) is 5.39 Å². The predicted octanol–water partition coefficient (Wildman–Crippen LogP) is -0.131. The lowest BCUT2D eigenvalue weighted by atomic mass is 9.97. The van der Waals surface area contributed by atoms with Gasteiger partial charge in [0.25, 0.3) is 5.88 Å². The first kappa shape index (κ1) is 23.6. The fraction of sp³-hybridized carbons (Fsp3) is 0.625. The number of nitrogens with zero attached hydrogens (tertiary/aromatic N) is 2. The summed E-state index contributed by atoms with van der Waals surface area (Å²) >= 11 is 0. The van der Waals surface area contributed by atoms with Crippen molar-refractivity contribution in [2.75, 3.05) is 6.61 Å². The van der Waals surface area contributed by atoms with Crippen molar-refractivity contribution in [2.45, 2.75) is 58.3 Å². The number of diazo groups is 1. The van der Waals surface area contributed by atoms with E-state index in [9.17, 15) is 24.3 Å². The van der Waals surface area contributed by atoms with E-state index in [0.29, 0.717) is 6.20 Å². The first-order chi connectivity index (χ1) is 13.5. The van der Waals surface area contributed by atoms with Crippen LogP contribution in [-0.2, 0) is 42.9 Å². The van der Waals surface area contributed by atoms with Crippen LogP contribution in [0.1, 0.15) is 27.7 Å². The number of hydrogen-bond donors (Lipinski definition) is 2. The van der Waals surface area contributed by atoms with Crippen LogP contribution in [-0.4, -0.2) is 66.2 Å². The Bertz CT molecular complexity index is 716. The van der Waals surface area contributed by atoms with Gasteiger partial charge >= 0.3 is 30.1 Å². The Morgan fingerprint density at radius 1 is 0.966 bits per heavy atom. The molecule has 1 heterocycles. The lowest BCUT2D eigenvalue weighted by molar-refractivity contribution is -0.257. The predicted molar refractivity (Wildman–Crippen MR) is 90.9 cm³/mol. The van der Waals surface area contributed by atoms with Gasteiger partial charge in [-0.1, -0.05) is 0 Å². The van der Waals surface area contributed by atoms with E-state index in [-0.39, 0.29) is 0 Å². The lowest BCUT2D eigenvalue weighted by Crippen LogP contribution is -2.65. The van der Waals surface area contributed by atoms with Crippen LogP contribution in [0.2, 0.25) is 0 Å². The molecule has 0 unspecified atom stereocenters. The third kappa shape index (κ3) is 7.62. The fourth-order valence-electron chi connectivity index (χ4n) is 2.58. The van der Waals surface area contributed by atoms with Crippen LogP contribution in [0.5, 0.6) is 0 Å². The lowest BCUT2D eigenvalue weighted by Gasteiger charge is -2.44. The number of rotatable bonds is 7. The molecular formula is C16H22N3O10+. The van der Waals surface area contributed by atoms with Gasteiger partial charge in [-0.3, -0.25) is 19.2 Å². The zero-order chi connectivity index (χ0) is 22.1. The van der Waals surface area contributed by atoms with Gasteiger partial charge in [-0.15, -0.1) is 0 Å². The molecule has 0 aromatic carbocycles. The van der Waals surface area contributed by atoms with Crippen molar-refractivity contribution in [3.63, 3.8) is 0 Å². The molecule has 29 heavy (non-hydrogen) atoms. The van der Waals surface area contributed by atoms with Crippen LogP contribution in [0.15, 0.2) is 12.1 Å². The second kappa shape index (κ2) is 10.8.